The van der Waals surface area contributed by atoms with Crippen molar-refractivity contribution >= 4 is 33.5 Å². The summed E-state index contributed by atoms with van der Waals surface area (Å²) in [7, 11) is 1.84. The smallest absolute Gasteiger partial charge is 0.130 e. The van der Waals surface area contributed by atoms with Crippen LogP contribution in [0.25, 0.3) is 0 Å². The maximum Gasteiger partial charge on any atom is 0.130 e. The first-order valence-electron chi connectivity index (χ1n) is 4.71. The van der Waals surface area contributed by atoms with E-state index in [0.29, 0.717) is 0 Å². The molecule has 2 rings (SSSR count). The molecule has 0 fully saturated rings. The van der Waals surface area contributed by atoms with Gasteiger partial charge in [-0.1, -0.05) is 27.7 Å². The van der Waals surface area contributed by atoms with Crippen LogP contribution < -0.4 is 5.32 Å². The number of anilines is 1. The molecule has 0 unspecified atom stereocenters. The Morgan fingerprint density at radius 1 is 1.19 bits per heavy atom. The molecule has 1 N–H and O–H groups in total. The third kappa shape index (κ3) is 2.96. The van der Waals surface area contributed by atoms with Gasteiger partial charge in [0.1, 0.15) is 17.2 Å². The first-order valence-corrected chi connectivity index (χ1v) is 6.32. The van der Waals surface area contributed by atoms with Gasteiger partial charge in [0.05, 0.1) is 0 Å². The fourth-order valence-electron chi connectivity index (χ4n) is 1.16. The Morgan fingerprint density at radius 2 is 1.94 bits per heavy atom. The molecule has 0 saturated heterocycles. The minimum absolute atomic E-state index is 0.828. The maximum atomic E-state index is 4.21. The van der Waals surface area contributed by atoms with E-state index in [4.69, 9.17) is 0 Å². The number of benzene rings is 1. The molecule has 0 atom stereocenters. The normalized spacial score (nSPS) is 10.1. The van der Waals surface area contributed by atoms with Gasteiger partial charge in [0, 0.05) is 22.5 Å². The highest BCUT2D eigenvalue weighted by atomic mass is 79.9. The number of hydrogen-bond acceptors (Lipinski definition) is 4. The Morgan fingerprint density at radius 3 is 2.62 bits per heavy atom. The van der Waals surface area contributed by atoms with Crippen molar-refractivity contribution in [2.45, 2.75) is 9.92 Å². The molecule has 0 amide bonds. The van der Waals surface area contributed by atoms with Crippen LogP contribution in [0, 0.1) is 0 Å². The van der Waals surface area contributed by atoms with Crippen molar-refractivity contribution in [3.63, 3.8) is 0 Å². The summed E-state index contributed by atoms with van der Waals surface area (Å²) < 4.78 is 1.08. The Labute approximate surface area is 107 Å². The number of nitrogens with one attached hydrogen (secondary N) is 1. The summed E-state index contributed by atoms with van der Waals surface area (Å²) in [6.45, 7) is 0. The minimum Gasteiger partial charge on any atom is -0.373 e. The highest BCUT2D eigenvalue weighted by molar-refractivity contribution is 9.10. The van der Waals surface area contributed by atoms with Crippen molar-refractivity contribution < 1.29 is 0 Å². The summed E-state index contributed by atoms with van der Waals surface area (Å²) in [6.07, 6.45) is 1.56. The van der Waals surface area contributed by atoms with E-state index in [9.17, 15) is 0 Å². The lowest BCUT2D eigenvalue weighted by Crippen LogP contribution is -1.93. The summed E-state index contributed by atoms with van der Waals surface area (Å²) in [5, 5.41) is 3.92. The summed E-state index contributed by atoms with van der Waals surface area (Å²) >= 11 is 5.02. The summed E-state index contributed by atoms with van der Waals surface area (Å²) in [5.41, 5.74) is 0. The third-order valence-electron chi connectivity index (χ3n) is 1.93. The van der Waals surface area contributed by atoms with Crippen LogP contribution in [0.15, 0.2) is 51.1 Å². The molecule has 0 saturated carbocycles. The predicted molar refractivity (Wildman–Crippen MR) is 69.8 cm³/mol. The number of aromatic nitrogens is 2. The zero-order valence-electron chi connectivity index (χ0n) is 8.64. The Kier molecular flexibility index (Phi) is 3.79. The average Bonchev–Trinajstić information content (AvgIpc) is 2.32. The van der Waals surface area contributed by atoms with Crippen LogP contribution in [-0.2, 0) is 0 Å². The van der Waals surface area contributed by atoms with Crippen LogP contribution in [-0.4, -0.2) is 17.0 Å². The lowest BCUT2D eigenvalue weighted by atomic mass is 10.4. The quantitative estimate of drug-likeness (QED) is 0.881. The van der Waals surface area contributed by atoms with E-state index < -0.39 is 0 Å². The molecule has 0 aliphatic rings. The molecule has 2 aromatic rings. The fraction of sp³-hybridized carbons (Fsp3) is 0.0909. The monoisotopic (exact) mass is 295 g/mol. The second-order valence-electron chi connectivity index (χ2n) is 3.05. The molecule has 0 aliphatic heterocycles. The standard InChI is InChI=1S/C11H10BrN3S/c1-13-10-6-11(15-7-14-10)16-9-4-2-8(12)3-5-9/h2-7H,1H3,(H,13,14,15). The third-order valence-corrected chi connectivity index (χ3v) is 3.40. The molecule has 0 radical (unpaired) electrons. The summed E-state index contributed by atoms with van der Waals surface area (Å²) in [5.74, 6) is 0.828. The van der Waals surface area contributed by atoms with Crippen LogP contribution in [0.3, 0.4) is 0 Å². The average molecular weight is 296 g/mol. The predicted octanol–water partition coefficient (Wildman–Crippen LogP) is 3.43. The number of hydrogen-bond donors (Lipinski definition) is 1. The summed E-state index contributed by atoms with van der Waals surface area (Å²) in [4.78, 5) is 9.43. The Bertz CT molecular complexity index is 473. The van der Waals surface area contributed by atoms with E-state index in [1.807, 2.05) is 25.2 Å². The molecule has 5 heteroatoms. The van der Waals surface area contributed by atoms with Crippen molar-refractivity contribution in [2.24, 2.45) is 0 Å². The molecule has 16 heavy (non-hydrogen) atoms. The topological polar surface area (TPSA) is 37.8 Å². The molecule has 0 bridgehead atoms. The highest BCUT2D eigenvalue weighted by Gasteiger charge is 2.00. The molecular weight excluding hydrogens is 286 g/mol. The van der Waals surface area contributed by atoms with Gasteiger partial charge in [-0.25, -0.2) is 9.97 Å². The largest absolute Gasteiger partial charge is 0.373 e. The van der Waals surface area contributed by atoms with Crippen molar-refractivity contribution in [2.75, 3.05) is 12.4 Å². The molecular formula is C11H10BrN3S. The SMILES string of the molecule is CNc1cc(Sc2ccc(Br)cc2)ncn1. The van der Waals surface area contributed by atoms with E-state index in [2.05, 4.69) is 43.3 Å². The van der Waals surface area contributed by atoms with Gasteiger partial charge in [0.15, 0.2) is 0 Å². The van der Waals surface area contributed by atoms with E-state index >= 15 is 0 Å². The molecule has 1 heterocycles. The van der Waals surface area contributed by atoms with Crippen LogP contribution >= 0.6 is 27.7 Å². The minimum atomic E-state index is 0.828. The molecule has 3 nitrogen and oxygen atoms in total. The van der Waals surface area contributed by atoms with Crippen molar-refractivity contribution in [1.82, 2.24) is 9.97 Å². The molecule has 1 aromatic carbocycles. The van der Waals surface area contributed by atoms with Crippen LogP contribution in [0.2, 0.25) is 0 Å². The summed E-state index contributed by atoms with van der Waals surface area (Å²) in [6, 6.07) is 10.1. The van der Waals surface area contributed by atoms with E-state index in [1.54, 1.807) is 18.1 Å². The van der Waals surface area contributed by atoms with Gasteiger partial charge in [-0.3, -0.25) is 0 Å². The fourth-order valence-corrected chi connectivity index (χ4v) is 2.20. The van der Waals surface area contributed by atoms with Gasteiger partial charge in [-0.15, -0.1) is 0 Å². The number of rotatable bonds is 3. The van der Waals surface area contributed by atoms with Gasteiger partial charge >= 0.3 is 0 Å². The highest BCUT2D eigenvalue weighted by Crippen LogP contribution is 2.27. The van der Waals surface area contributed by atoms with Gasteiger partial charge in [-0.05, 0) is 24.3 Å². The molecule has 1 aromatic heterocycles. The van der Waals surface area contributed by atoms with Gasteiger partial charge < -0.3 is 5.32 Å². The van der Waals surface area contributed by atoms with Crippen molar-refractivity contribution in [3.05, 3.63) is 41.1 Å². The van der Waals surface area contributed by atoms with E-state index in [-0.39, 0.29) is 0 Å². The van der Waals surface area contributed by atoms with Gasteiger partial charge in [-0.2, -0.15) is 0 Å². The lowest BCUT2D eigenvalue weighted by molar-refractivity contribution is 1.05. The zero-order chi connectivity index (χ0) is 11.4. The van der Waals surface area contributed by atoms with E-state index in [0.717, 1.165) is 20.2 Å². The second kappa shape index (κ2) is 5.32. The van der Waals surface area contributed by atoms with Gasteiger partial charge in [0.25, 0.3) is 0 Å². The van der Waals surface area contributed by atoms with Crippen LogP contribution in [0.5, 0.6) is 0 Å². The van der Waals surface area contributed by atoms with E-state index in [1.165, 1.54) is 0 Å². The molecule has 82 valence electrons. The number of halogens is 1. The van der Waals surface area contributed by atoms with Crippen LogP contribution in [0.1, 0.15) is 0 Å². The zero-order valence-corrected chi connectivity index (χ0v) is 11.0. The van der Waals surface area contributed by atoms with Crippen LogP contribution in [0.4, 0.5) is 5.82 Å². The first kappa shape index (κ1) is 11.4. The lowest BCUT2D eigenvalue weighted by Gasteiger charge is -2.02. The van der Waals surface area contributed by atoms with Crippen molar-refractivity contribution in [1.29, 1.82) is 0 Å². The molecule has 0 spiro atoms. The van der Waals surface area contributed by atoms with Crippen molar-refractivity contribution in [3.8, 4) is 0 Å². The Balaban J connectivity index is 2.16. The number of nitrogens with zero attached hydrogens (tertiary/aromatic N) is 2. The Hall–Kier alpha value is -1.07. The maximum absolute atomic E-state index is 4.21. The second-order valence-corrected chi connectivity index (χ2v) is 5.06. The van der Waals surface area contributed by atoms with Gasteiger partial charge in [0.2, 0.25) is 0 Å². The molecule has 0 aliphatic carbocycles. The first-order chi connectivity index (χ1) is 7.78.